The van der Waals surface area contributed by atoms with E-state index in [4.69, 9.17) is 0 Å². The number of rotatable bonds is 5. The van der Waals surface area contributed by atoms with Gasteiger partial charge in [0.2, 0.25) is 5.91 Å². The van der Waals surface area contributed by atoms with E-state index in [0.717, 1.165) is 31.8 Å². The van der Waals surface area contributed by atoms with E-state index >= 15 is 0 Å². The zero-order valence-corrected chi connectivity index (χ0v) is 15.3. The lowest BCUT2D eigenvalue weighted by Gasteiger charge is -2.29. The first-order valence-electron chi connectivity index (χ1n) is 9.14. The van der Waals surface area contributed by atoms with Gasteiger partial charge in [-0.25, -0.2) is 4.98 Å². The van der Waals surface area contributed by atoms with Gasteiger partial charge in [-0.2, -0.15) is 0 Å². The highest BCUT2D eigenvalue weighted by molar-refractivity contribution is 5.81. The fourth-order valence-corrected chi connectivity index (χ4v) is 3.52. The molecule has 1 aliphatic rings. The topological polar surface area (TPSA) is 41.4 Å². The number of likely N-dealkylation sites (tertiary alicyclic amines) is 1. The van der Waals surface area contributed by atoms with E-state index < -0.39 is 0 Å². The third-order valence-electron chi connectivity index (χ3n) is 5.06. The summed E-state index contributed by atoms with van der Waals surface area (Å²) in [7, 11) is 3.96. The van der Waals surface area contributed by atoms with Crippen LogP contribution in [0.25, 0.3) is 0 Å². The fourth-order valence-electron chi connectivity index (χ4n) is 3.52. The van der Waals surface area contributed by atoms with Crippen LogP contribution in [0.15, 0.2) is 42.7 Å². The van der Waals surface area contributed by atoms with Crippen LogP contribution in [0.2, 0.25) is 0 Å². The molecule has 1 fully saturated rings. The lowest BCUT2D eigenvalue weighted by Crippen LogP contribution is -2.45. The summed E-state index contributed by atoms with van der Waals surface area (Å²) in [6, 6.07) is 10.3. The predicted octanol–water partition coefficient (Wildman–Crippen LogP) is 2.76. The SMILES string of the molecule is CN(Cc1nccn1Cc1ccccc1)C(=O)[C@H]1CCCCCN1C. The van der Waals surface area contributed by atoms with E-state index in [0.29, 0.717) is 6.54 Å². The van der Waals surface area contributed by atoms with Gasteiger partial charge >= 0.3 is 0 Å². The molecule has 2 aromatic rings. The Bertz CT molecular complexity index is 682. The molecule has 5 heteroatoms. The quantitative estimate of drug-likeness (QED) is 0.840. The van der Waals surface area contributed by atoms with Crippen LogP contribution in [0.1, 0.15) is 37.1 Å². The summed E-state index contributed by atoms with van der Waals surface area (Å²) in [5.74, 6) is 1.13. The summed E-state index contributed by atoms with van der Waals surface area (Å²) < 4.78 is 2.12. The third-order valence-corrected chi connectivity index (χ3v) is 5.06. The van der Waals surface area contributed by atoms with Gasteiger partial charge in [0.1, 0.15) is 5.82 Å². The van der Waals surface area contributed by atoms with Crippen LogP contribution in [0.4, 0.5) is 0 Å². The van der Waals surface area contributed by atoms with Crippen LogP contribution in [-0.2, 0) is 17.9 Å². The molecule has 2 heterocycles. The molecule has 0 N–H and O–H groups in total. The Labute approximate surface area is 150 Å². The summed E-state index contributed by atoms with van der Waals surface area (Å²) in [5.41, 5.74) is 1.24. The van der Waals surface area contributed by atoms with E-state index in [1.807, 2.05) is 42.5 Å². The fraction of sp³-hybridized carbons (Fsp3) is 0.500. The number of carbonyl (C=O) groups excluding carboxylic acids is 1. The number of imidazole rings is 1. The molecule has 0 aliphatic carbocycles. The second-order valence-electron chi connectivity index (χ2n) is 7.00. The minimum atomic E-state index is 0.00466. The summed E-state index contributed by atoms with van der Waals surface area (Å²) in [5, 5.41) is 0. The Morgan fingerprint density at radius 2 is 2.04 bits per heavy atom. The molecule has 1 aromatic heterocycles. The van der Waals surface area contributed by atoms with Crippen molar-refractivity contribution in [1.82, 2.24) is 19.4 Å². The molecule has 0 radical (unpaired) electrons. The normalized spacial score (nSPS) is 18.7. The van der Waals surface area contributed by atoms with Crippen LogP contribution < -0.4 is 0 Å². The maximum Gasteiger partial charge on any atom is 0.240 e. The Balaban J connectivity index is 1.65. The van der Waals surface area contributed by atoms with Crippen molar-refractivity contribution in [3.05, 3.63) is 54.1 Å². The van der Waals surface area contributed by atoms with Gasteiger partial charge in [-0.1, -0.05) is 43.2 Å². The summed E-state index contributed by atoms with van der Waals surface area (Å²) in [6.45, 7) is 2.33. The first kappa shape index (κ1) is 17.7. The summed E-state index contributed by atoms with van der Waals surface area (Å²) in [6.07, 6.45) is 8.30. The minimum absolute atomic E-state index is 0.00466. The van der Waals surface area contributed by atoms with Gasteiger partial charge in [0.15, 0.2) is 0 Å². The predicted molar refractivity (Wildman–Crippen MR) is 99.1 cm³/mol. The highest BCUT2D eigenvalue weighted by atomic mass is 16.2. The van der Waals surface area contributed by atoms with Gasteiger partial charge in [-0.15, -0.1) is 0 Å². The molecule has 134 valence electrons. The monoisotopic (exact) mass is 340 g/mol. The Kier molecular flexibility index (Phi) is 5.87. The molecular formula is C20H28N4O. The molecule has 1 saturated heterocycles. The molecule has 0 saturated carbocycles. The van der Waals surface area contributed by atoms with Crippen molar-refractivity contribution in [1.29, 1.82) is 0 Å². The molecule has 0 bridgehead atoms. The van der Waals surface area contributed by atoms with E-state index in [9.17, 15) is 4.79 Å². The second kappa shape index (κ2) is 8.30. The summed E-state index contributed by atoms with van der Waals surface area (Å²) >= 11 is 0. The third kappa shape index (κ3) is 4.48. The second-order valence-corrected chi connectivity index (χ2v) is 7.00. The average molecular weight is 340 g/mol. The first-order chi connectivity index (χ1) is 12.1. The van der Waals surface area contributed by atoms with Gasteiger partial charge in [0.05, 0.1) is 12.6 Å². The zero-order valence-electron chi connectivity index (χ0n) is 15.3. The maximum absolute atomic E-state index is 12.9. The van der Waals surface area contributed by atoms with Crippen molar-refractivity contribution in [2.24, 2.45) is 0 Å². The number of hydrogen-bond donors (Lipinski definition) is 0. The van der Waals surface area contributed by atoms with Crippen molar-refractivity contribution in [2.75, 3.05) is 20.6 Å². The van der Waals surface area contributed by atoms with Crippen LogP contribution in [0.5, 0.6) is 0 Å². The molecule has 1 atom stereocenters. The van der Waals surface area contributed by atoms with Crippen LogP contribution >= 0.6 is 0 Å². The lowest BCUT2D eigenvalue weighted by molar-refractivity contribution is -0.136. The van der Waals surface area contributed by atoms with Crippen molar-refractivity contribution in [2.45, 2.75) is 44.8 Å². The van der Waals surface area contributed by atoms with Gasteiger partial charge in [0, 0.05) is 26.0 Å². The standard InChI is InChI=1S/C20H28N4O/c1-22-13-8-4-7-11-18(22)20(25)23(2)16-19-21-12-14-24(19)15-17-9-5-3-6-10-17/h3,5-6,9-10,12,14,18H,4,7-8,11,13,15-16H2,1-2H3/t18-/m1/s1. The van der Waals surface area contributed by atoms with Gasteiger partial charge in [-0.3, -0.25) is 9.69 Å². The number of likely N-dealkylation sites (N-methyl/N-ethyl adjacent to an activating group) is 2. The Morgan fingerprint density at radius 1 is 1.24 bits per heavy atom. The van der Waals surface area contributed by atoms with E-state index in [1.165, 1.54) is 18.4 Å². The van der Waals surface area contributed by atoms with E-state index in [2.05, 4.69) is 33.6 Å². The van der Waals surface area contributed by atoms with Crippen molar-refractivity contribution < 1.29 is 4.79 Å². The van der Waals surface area contributed by atoms with Gasteiger partial charge in [0.25, 0.3) is 0 Å². The number of aromatic nitrogens is 2. The first-order valence-corrected chi connectivity index (χ1v) is 9.14. The molecule has 25 heavy (non-hydrogen) atoms. The zero-order chi connectivity index (χ0) is 17.6. The van der Waals surface area contributed by atoms with E-state index in [-0.39, 0.29) is 11.9 Å². The Morgan fingerprint density at radius 3 is 2.84 bits per heavy atom. The largest absolute Gasteiger partial charge is 0.337 e. The van der Waals surface area contributed by atoms with Crippen molar-refractivity contribution in [3.63, 3.8) is 0 Å². The molecule has 0 unspecified atom stereocenters. The van der Waals surface area contributed by atoms with Gasteiger partial charge in [-0.05, 0) is 32.0 Å². The maximum atomic E-state index is 12.9. The number of amides is 1. The molecule has 1 amide bonds. The van der Waals surface area contributed by atoms with Crippen LogP contribution in [-0.4, -0.2) is 51.9 Å². The highest BCUT2D eigenvalue weighted by Crippen LogP contribution is 2.17. The molecule has 3 rings (SSSR count). The lowest BCUT2D eigenvalue weighted by atomic mass is 10.1. The number of hydrogen-bond acceptors (Lipinski definition) is 3. The molecule has 1 aromatic carbocycles. The smallest absolute Gasteiger partial charge is 0.240 e. The average Bonchev–Trinajstić information content (AvgIpc) is 2.92. The number of benzene rings is 1. The molecule has 1 aliphatic heterocycles. The number of carbonyl (C=O) groups is 1. The molecule has 0 spiro atoms. The van der Waals surface area contributed by atoms with Crippen LogP contribution in [0.3, 0.4) is 0 Å². The van der Waals surface area contributed by atoms with Gasteiger partial charge < -0.3 is 9.47 Å². The van der Waals surface area contributed by atoms with Crippen molar-refractivity contribution >= 4 is 5.91 Å². The molecular weight excluding hydrogens is 312 g/mol. The molecule has 5 nitrogen and oxygen atoms in total. The van der Waals surface area contributed by atoms with Crippen LogP contribution in [0, 0.1) is 0 Å². The minimum Gasteiger partial charge on any atom is -0.337 e. The van der Waals surface area contributed by atoms with E-state index in [1.54, 1.807) is 0 Å². The van der Waals surface area contributed by atoms with Crippen molar-refractivity contribution in [3.8, 4) is 0 Å². The highest BCUT2D eigenvalue weighted by Gasteiger charge is 2.27. The summed E-state index contributed by atoms with van der Waals surface area (Å²) in [4.78, 5) is 21.4. The number of nitrogens with zero attached hydrogens (tertiary/aromatic N) is 4. The Hall–Kier alpha value is -2.14.